The molecule has 0 saturated carbocycles. The maximum atomic E-state index is 12.7. The summed E-state index contributed by atoms with van der Waals surface area (Å²) in [6.07, 6.45) is 0. The monoisotopic (exact) mass is 375 g/mol. The maximum absolute atomic E-state index is 12.7. The molecular weight excluding hydrogens is 362 g/mol. The van der Waals surface area contributed by atoms with E-state index in [1.165, 1.54) is 24.3 Å². The van der Waals surface area contributed by atoms with E-state index in [0.717, 1.165) is 0 Å². The zero-order valence-electron chi connectivity index (χ0n) is 14.3. The fourth-order valence-electron chi connectivity index (χ4n) is 3.98. The Morgan fingerprint density at radius 3 is 2.46 bits per heavy atom. The second-order valence-corrected chi connectivity index (χ2v) is 6.63. The van der Waals surface area contributed by atoms with E-state index in [-0.39, 0.29) is 34.1 Å². The summed E-state index contributed by atoms with van der Waals surface area (Å²) in [7, 11) is 0. The molecule has 3 aromatic carbocycles. The van der Waals surface area contributed by atoms with E-state index in [2.05, 4.69) is 0 Å². The number of carbonyl (C=O) groups excluding carboxylic acids is 2. The molecule has 0 saturated heterocycles. The molecule has 7 nitrogen and oxygen atoms in total. The highest BCUT2D eigenvalue weighted by atomic mass is 16.6. The topological polar surface area (TPSA) is 119 Å². The molecule has 1 amide bonds. The molecule has 0 bridgehead atoms. The van der Waals surface area contributed by atoms with Crippen LogP contribution in [-0.4, -0.2) is 22.1 Å². The minimum Gasteiger partial charge on any atom is -0.508 e. The van der Waals surface area contributed by atoms with Crippen LogP contribution in [0.3, 0.4) is 0 Å². The van der Waals surface area contributed by atoms with Crippen LogP contribution in [0.25, 0.3) is 0 Å². The average Bonchev–Trinajstić information content (AvgIpc) is 2.94. The minimum absolute atomic E-state index is 0.0294. The first-order chi connectivity index (χ1) is 13.4. The number of ether oxygens (including phenoxy) is 2. The third-order valence-corrected chi connectivity index (χ3v) is 5.04. The van der Waals surface area contributed by atoms with Crippen LogP contribution in [0, 0.1) is 0 Å². The predicted octanol–water partition coefficient (Wildman–Crippen LogP) is 2.76. The third-order valence-electron chi connectivity index (χ3n) is 5.04. The number of phenols is 2. The summed E-state index contributed by atoms with van der Waals surface area (Å²) in [6.45, 7) is 0. The molecule has 1 atom stereocenters. The molecule has 3 aromatic rings. The highest BCUT2D eigenvalue weighted by Crippen LogP contribution is 2.57. The van der Waals surface area contributed by atoms with Crippen molar-refractivity contribution in [3.63, 3.8) is 0 Å². The van der Waals surface area contributed by atoms with Crippen LogP contribution in [0.15, 0.2) is 54.6 Å². The summed E-state index contributed by atoms with van der Waals surface area (Å²) in [5.41, 5.74) is 5.57. The summed E-state index contributed by atoms with van der Waals surface area (Å²) in [4.78, 5) is 24.9. The lowest BCUT2D eigenvalue weighted by Crippen LogP contribution is -2.35. The van der Waals surface area contributed by atoms with Gasteiger partial charge in [0.1, 0.15) is 23.0 Å². The molecule has 7 heteroatoms. The van der Waals surface area contributed by atoms with Gasteiger partial charge in [-0.2, -0.15) is 0 Å². The largest absolute Gasteiger partial charge is 0.508 e. The van der Waals surface area contributed by atoms with Crippen molar-refractivity contribution in [1.82, 2.24) is 0 Å². The lowest BCUT2D eigenvalue weighted by molar-refractivity contribution is 0.0220. The SMILES string of the molecule is NC(=O)c1cc(O)cc2c1C1(OC(=O)c3ccccc31)c1ccc(O)cc1O2. The van der Waals surface area contributed by atoms with Crippen molar-refractivity contribution < 1.29 is 29.3 Å². The molecule has 1 spiro atoms. The van der Waals surface area contributed by atoms with Crippen molar-refractivity contribution in [3.8, 4) is 23.0 Å². The Kier molecular flexibility index (Phi) is 3.04. The number of nitrogens with two attached hydrogens (primary N) is 1. The van der Waals surface area contributed by atoms with Crippen LogP contribution in [-0.2, 0) is 10.3 Å². The molecule has 0 aliphatic carbocycles. The smallest absolute Gasteiger partial charge is 0.340 e. The Balaban J connectivity index is 1.97. The van der Waals surface area contributed by atoms with E-state index in [9.17, 15) is 19.8 Å². The lowest BCUT2D eigenvalue weighted by Gasteiger charge is -2.37. The molecule has 138 valence electrons. The first kappa shape index (κ1) is 16.2. The minimum atomic E-state index is -1.50. The Bertz CT molecular complexity index is 1200. The van der Waals surface area contributed by atoms with Crippen molar-refractivity contribution >= 4 is 11.9 Å². The van der Waals surface area contributed by atoms with Gasteiger partial charge in [0, 0.05) is 23.3 Å². The number of hydrogen-bond acceptors (Lipinski definition) is 6. The molecular formula is C21H13NO6. The third kappa shape index (κ3) is 1.92. The number of benzene rings is 3. The fourth-order valence-corrected chi connectivity index (χ4v) is 3.98. The van der Waals surface area contributed by atoms with Crippen LogP contribution < -0.4 is 10.5 Å². The van der Waals surface area contributed by atoms with E-state index in [4.69, 9.17) is 15.2 Å². The number of rotatable bonds is 1. The van der Waals surface area contributed by atoms with Crippen molar-refractivity contribution in [2.24, 2.45) is 5.73 Å². The summed E-state index contributed by atoms with van der Waals surface area (Å²) in [5, 5.41) is 20.0. The van der Waals surface area contributed by atoms with Gasteiger partial charge in [-0.3, -0.25) is 4.79 Å². The standard InChI is InChI=1S/C21H13NO6/c22-19(25)13-7-11(24)9-17-18(13)21(15-6-5-10(23)8-16(15)27-17)14-4-2-1-3-12(14)20(26)28-21/h1-9,23-24H,(H2,22,25). The quantitative estimate of drug-likeness (QED) is 0.563. The van der Waals surface area contributed by atoms with Gasteiger partial charge >= 0.3 is 5.97 Å². The lowest BCUT2D eigenvalue weighted by atomic mass is 9.75. The number of fused-ring (bicyclic) bond motifs is 6. The first-order valence-electron chi connectivity index (χ1n) is 8.43. The van der Waals surface area contributed by atoms with Gasteiger partial charge in [0.2, 0.25) is 5.91 Å². The molecule has 0 fully saturated rings. The van der Waals surface area contributed by atoms with Gasteiger partial charge in [-0.1, -0.05) is 18.2 Å². The zero-order valence-corrected chi connectivity index (χ0v) is 14.3. The summed E-state index contributed by atoms with van der Waals surface area (Å²) in [5.74, 6) is -1.31. The molecule has 1 unspecified atom stereocenters. The summed E-state index contributed by atoms with van der Waals surface area (Å²) < 4.78 is 11.7. The molecule has 2 aliphatic rings. The van der Waals surface area contributed by atoms with Crippen molar-refractivity contribution in [2.75, 3.05) is 0 Å². The molecule has 0 aromatic heterocycles. The van der Waals surface area contributed by atoms with E-state index >= 15 is 0 Å². The predicted molar refractivity (Wildman–Crippen MR) is 96.5 cm³/mol. The number of aromatic hydroxyl groups is 2. The molecule has 4 N–H and O–H groups in total. The van der Waals surface area contributed by atoms with E-state index in [1.807, 2.05) is 0 Å². The van der Waals surface area contributed by atoms with Gasteiger partial charge in [0.15, 0.2) is 5.60 Å². The van der Waals surface area contributed by atoms with Gasteiger partial charge in [0.05, 0.1) is 16.7 Å². The number of phenolic OH excluding ortho intramolecular Hbond substituents is 2. The van der Waals surface area contributed by atoms with Crippen molar-refractivity contribution in [3.05, 3.63) is 82.4 Å². The van der Waals surface area contributed by atoms with Gasteiger partial charge in [-0.25, -0.2) is 4.79 Å². The molecule has 2 aliphatic heterocycles. The fraction of sp³-hybridized carbons (Fsp3) is 0.0476. The second-order valence-electron chi connectivity index (χ2n) is 6.63. The molecule has 28 heavy (non-hydrogen) atoms. The van der Waals surface area contributed by atoms with Crippen molar-refractivity contribution in [2.45, 2.75) is 5.60 Å². The summed E-state index contributed by atoms with van der Waals surface area (Å²) >= 11 is 0. The van der Waals surface area contributed by atoms with Gasteiger partial charge in [-0.05, 0) is 24.3 Å². The average molecular weight is 375 g/mol. The first-order valence-corrected chi connectivity index (χ1v) is 8.43. The number of esters is 1. The second kappa shape index (κ2) is 5.26. The van der Waals surface area contributed by atoms with Crippen molar-refractivity contribution in [1.29, 1.82) is 0 Å². The molecule has 0 radical (unpaired) electrons. The van der Waals surface area contributed by atoms with Crippen LogP contribution in [0.4, 0.5) is 0 Å². The van der Waals surface area contributed by atoms with Gasteiger partial charge < -0.3 is 25.4 Å². The van der Waals surface area contributed by atoms with E-state index in [0.29, 0.717) is 16.7 Å². The Morgan fingerprint density at radius 2 is 1.68 bits per heavy atom. The number of primary amides is 1. The zero-order chi connectivity index (χ0) is 19.6. The number of amides is 1. The van der Waals surface area contributed by atoms with E-state index < -0.39 is 17.5 Å². The maximum Gasteiger partial charge on any atom is 0.340 e. The van der Waals surface area contributed by atoms with Gasteiger partial charge in [-0.15, -0.1) is 0 Å². The van der Waals surface area contributed by atoms with Crippen LogP contribution in [0.2, 0.25) is 0 Å². The number of hydrogen-bond donors (Lipinski definition) is 3. The highest BCUT2D eigenvalue weighted by molar-refractivity contribution is 6.01. The highest BCUT2D eigenvalue weighted by Gasteiger charge is 2.55. The summed E-state index contributed by atoms with van der Waals surface area (Å²) in [6, 6.07) is 13.7. The number of carbonyl (C=O) groups is 2. The van der Waals surface area contributed by atoms with Gasteiger partial charge in [0.25, 0.3) is 0 Å². The Hall–Kier alpha value is -4.00. The Labute approximate surface area is 158 Å². The normalized spacial score (nSPS) is 18.6. The molecule has 2 heterocycles. The van der Waals surface area contributed by atoms with E-state index in [1.54, 1.807) is 30.3 Å². The van der Waals surface area contributed by atoms with Crippen LogP contribution in [0.5, 0.6) is 23.0 Å². The van der Waals surface area contributed by atoms with Crippen LogP contribution in [0.1, 0.15) is 37.4 Å². The Morgan fingerprint density at radius 1 is 0.929 bits per heavy atom. The molecule has 5 rings (SSSR count). The van der Waals surface area contributed by atoms with Crippen LogP contribution >= 0.6 is 0 Å².